The van der Waals surface area contributed by atoms with Crippen molar-refractivity contribution in [2.24, 2.45) is 5.41 Å². The van der Waals surface area contributed by atoms with Gasteiger partial charge in [-0.1, -0.05) is 26.2 Å². The van der Waals surface area contributed by atoms with Gasteiger partial charge in [0.15, 0.2) is 0 Å². The Balaban J connectivity index is 2.59. The largest absolute Gasteiger partial charge is 0.302 e. The van der Waals surface area contributed by atoms with Crippen molar-refractivity contribution in [2.45, 2.75) is 39.0 Å². The molecule has 1 aliphatic rings. The van der Waals surface area contributed by atoms with Crippen molar-refractivity contribution >= 4 is 10.2 Å². The van der Waals surface area contributed by atoms with Crippen LogP contribution in [0, 0.1) is 5.41 Å². The second kappa shape index (κ2) is 3.32. The lowest BCUT2D eigenvalue weighted by Crippen LogP contribution is -2.27. The Bertz CT molecular complexity index is 240. The smallest absolute Gasteiger partial charge is 0.195 e. The van der Waals surface area contributed by atoms with Gasteiger partial charge in [-0.05, 0) is 18.3 Å². The Morgan fingerprint density at radius 1 is 1.25 bits per heavy atom. The zero-order chi connectivity index (χ0) is 9.24. The normalized spacial score (nSPS) is 23.8. The number of rotatable bonds is 2. The molecule has 1 saturated carbocycles. The van der Waals surface area contributed by atoms with E-state index in [1.807, 2.05) is 6.92 Å². The van der Waals surface area contributed by atoms with Gasteiger partial charge in [-0.2, -0.15) is 8.42 Å². The van der Waals surface area contributed by atoms with E-state index in [1.54, 1.807) is 0 Å². The Morgan fingerprint density at radius 2 is 1.75 bits per heavy atom. The summed E-state index contributed by atoms with van der Waals surface area (Å²) < 4.78 is 33.3. The van der Waals surface area contributed by atoms with Crippen LogP contribution in [-0.4, -0.2) is 14.2 Å². The summed E-state index contributed by atoms with van der Waals surface area (Å²) in [7, 11) is -4.28. The summed E-state index contributed by atoms with van der Waals surface area (Å²) in [6.45, 7) is 1.86. The van der Waals surface area contributed by atoms with Gasteiger partial charge in [0.1, 0.15) is 0 Å². The van der Waals surface area contributed by atoms with Gasteiger partial charge in [0.05, 0.1) is 5.75 Å². The maximum absolute atomic E-state index is 12.4. The molecule has 0 atom stereocenters. The van der Waals surface area contributed by atoms with Gasteiger partial charge >= 0.3 is 10.2 Å². The van der Waals surface area contributed by atoms with Crippen molar-refractivity contribution in [1.29, 1.82) is 0 Å². The zero-order valence-corrected chi connectivity index (χ0v) is 8.16. The summed E-state index contributed by atoms with van der Waals surface area (Å²) in [4.78, 5) is 0. The lowest BCUT2D eigenvalue weighted by Gasteiger charge is -2.31. The highest BCUT2D eigenvalue weighted by molar-refractivity contribution is 7.86. The molecule has 0 spiro atoms. The minimum absolute atomic E-state index is 0.292. The first-order chi connectivity index (χ1) is 5.41. The van der Waals surface area contributed by atoms with Gasteiger partial charge in [0.2, 0.25) is 0 Å². The molecule has 0 radical (unpaired) electrons. The third-order valence-corrected chi connectivity index (χ3v) is 3.62. The monoisotopic (exact) mass is 194 g/mol. The lowest BCUT2D eigenvalue weighted by atomic mass is 9.77. The zero-order valence-electron chi connectivity index (χ0n) is 7.35. The fourth-order valence-electron chi connectivity index (χ4n) is 1.97. The molecular formula is C8H15FO2S. The van der Waals surface area contributed by atoms with Crippen LogP contribution in [0.3, 0.4) is 0 Å². The second-order valence-corrected chi connectivity index (χ2v) is 5.42. The molecule has 0 saturated heterocycles. The van der Waals surface area contributed by atoms with Crippen LogP contribution < -0.4 is 0 Å². The van der Waals surface area contributed by atoms with Crippen molar-refractivity contribution in [2.75, 3.05) is 5.75 Å². The standard InChI is InChI=1S/C8H15FO2S/c1-8(7-12(9,10)11)5-3-2-4-6-8/h2-7H2,1H3. The Hall–Kier alpha value is -0.120. The van der Waals surface area contributed by atoms with Crippen molar-refractivity contribution in [1.82, 2.24) is 0 Å². The van der Waals surface area contributed by atoms with Gasteiger partial charge < -0.3 is 0 Å². The van der Waals surface area contributed by atoms with Crippen LogP contribution in [-0.2, 0) is 10.2 Å². The first-order valence-corrected chi connectivity index (χ1v) is 5.89. The van der Waals surface area contributed by atoms with Crippen LogP contribution in [0.25, 0.3) is 0 Å². The average molecular weight is 194 g/mol. The number of hydrogen-bond acceptors (Lipinski definition) is 2. The highest BCUT2D eigenvalue weighted by Crippen LogP contribution is 2.37. The van der Waals surface area contributed by atoms with E-state index >= 15 is 0 Å². The van der Waals surface area contributed by atoms with Gasteiger partial charge in [0, 0.05) is 0 Å². The SMILES string of the molecule is CC1(CS(=O)(=O)F)CCCCC1. The average Bonchev–Trinajstić information content (AvgIpc) is 1.83. The molecule has 0 aromatic heterocycles. The van der Waals surface area contributed by atoms with Crippen LogP contribution in [0.4, 0.5) is 3.89 Å². The topological polar surface area (TPSA) is 34.1 Å². The number of halogens is 1. The molecule has 1 rings (SSSR count). The van der Waals surface area contributed by atoms with E-state index in [2.05, 4.69) is 0 Å². The molecule has 0 unspecified atom stereocenters. The molecule has 72 valence electrons. The first kappa shape index (κ1) is 9.96. The van der Waals surface area contributed by atoms with Crippen molar-refractivity contribution < 1.29 is 12.3 Å². The Morgan fingerprint density at radius 3 is 2.17 bits per heavy atom. The van der Waals surface area contributed by atoms with Gasteiger partial charge in [-0.15, -0.1) is 3.89 Å². The molecular weight excluding hydrogens is 179 g/mol. The minimum atomic E-state index is -4.28. The highest BCUT2D eigenvalue weighted by atomic mass is 32.3. The molecule has 1 fully saturated rings. The van der Waals surface area contributed by atoms with Crippen LogP contribution in [0.5, 0.6) is 0 Å². The van der Waals surface area contributed by atoms with E-state index in [4.69, 9.17) is 0 Å². The summed E-state index contributed by atoms with van der Waals surface area (Å²) in [6.07, 6.45) is 4.91. The maximum Gasteiger partial charge on any atom is 0.302 e. The fraction of sp³-hybridized carbons (Fsp3) is 1.00. The molecule has 0 amide bonds. The molecule has 1 aliphatic carbocycles. The lowest BCUT2D eigenvalue weighted by molar-refractivity contribution is 0.245. The van der Waals surface area contributed by atoms with E-state index in [0.29, 0.717) is 0 Å². The van der Waals surface area contributed by atoms with Crippen molar-refractivity contribution in [3.63, 3.8) is 0 Å². The van der Waals surface area contributed by atoms with E-state index in [1.165, 1.54) is 0 Å². The Labute approximate surface area is 73.4 Å². The van der Waals surface area contributed by atoms with Gasteiger partial charge in [-0.25, -0.2) is 0 Å². The predicted molar refractivity (Wildman–Crippen MR) is 46.1 cm³/mol. The maximum atomic E-state index is 12.4. The van der Waals surface area contributed by atoms with E-state index in [9.17, 15) is 12.3 Å². The molecule has 12 heavy (non-hydrogen) atoms. The molecule has 0 aliphatic heterocycles. The van der Waals surface area contributed by atoms with Crippen LogP contribution >= 0.6 is 0 Å². The summed E-state index contributed by atoms with van der Waals surface area (Å²) in [5, 5.41) is 0. The van der Waals surface area contributed by atoms with Crippen molar-refractivity contribution in [3.05, 3.63) is 0 Å². The summed E-state index contributed by atoms with van der Waals surface area (Å²) in [5.74, 6) is -0.292. The van der Waals surface area contributed by atoms with Crippen LogP contribution in [0.15, 0.2) is 0 Å². The van der Waals surface area contributed by atoms with Crippen LogP contribution in [0.1, 0.15) is 39.0 Å². The minimum Gasteiger partial charge on any atom is -0.195 e. The van der Waals surface area contributed by atoms with Gasteiger partial charge in [-0.3, -0.25) is 0 Å². The first-order valence-electron chi connectivity index (χ1n) is 4.34. The van der Waals surface area contributed by atoms with E-state index in [0.717, 1.165) is 32.1 Å². The molecule has 0 aromatic carbocycles. The quantitative estimate of drug-likeness (QED) is 0.632. The van der Waals surface area contributed by atoms with E-state index in [-0.39, 0.29) is 11.2 Å². The fourth-order valence-corrected chi connectivity index (χ4v) is 3.09. The summed E-state index contributed by atoms with van der Waals surface area (Å²) in [6, 6.07) is 0. The number of hydrogen-bond donors (Lipinski definition) is 0. The molecule has 0 aromatic rings. The van der Waals surface area contributed by atoms with Crippen molar-refractivity contribution in [3.8, 4) is 0 Å². The van der Waals surface area contributed by atoms with Crippen LogP contribution in [0.2, 0.25) is 0 Å². The molecule has 0 N–H and O–H groups in total. The predicted octanol–water partition coefficient (Wildman–Crippen LogP) is 2.26. The second-order valence-electron chi connectivity index (χ2n) is 4.05. The third kappa shape index (κ3) is 3.09. The third-order valence-electron chi connectivity index (χ3n) is 2.58. The highest BCUT2D eigenvalue weighted by Gasteiger charge is 2.31. The van der Waals surface area contributed by atoms with Gasteiger partial charge in [0.25, 0.3) is 0 Å². The van der Waals surface area contributed by atoms with E-state index < -0.39 is 10.2 Å². The molecule has 4 heteroatoms. The Kier molecular flexibility index (Phi) is 2.76. The summed E-state index contributed by atoms with van der Waals surface area (Å²) in [5.41, 5.74) is -0.300. The summed E-state index contributed by atoms with van der Waals surface area (Å²) >= 11 is 0. The molecule has 2 nitrogen and oxygen atoms in total. The molecule has 0 heterocycles. The molecule has 0 bridgehead atoms.